The van der Waals surface area contributed by atoms with E-state index in [1.54, 1.807) is 41.0 Å². The molecule has 5 nitrogen and oxygen atoms in total. The Bertz CT molecular complexity index is 828. The Morgan fingerprint density at radius 1 is 1.26 bits per heavy atom. The van der Waals surface area contributed by atoms with Gasteiger partial charge in [-0.2, -0.15) is 9.57 Å². The molecule has 6 heteroatoms. The first-order valence-corrected chi connectivity index (χ1v) is 9.09. The third-order valence-corrected chi connectivity index (χ3v) is 5.91. The lowest BCUT2D eigenvalue weighted by atomic mass is 10.1. The van der Waals surface area contributed by atoms with Gasteiger partial charge >= 0.3 is 0 Å². The van der Waals surface area contributed by atoms with E-state index in [9.17, 15) is 8.42 Å². The third-order valence-electron chi connectivity index (χ3n) is 4.06. The number of nitriles is 1. The Morgan fingerprint density at radius 2 is 2.04 bits per heavy atom. The van der Waals surface area contributed by atoms with Crippen LogP contribution >= 0.6 is 0 Å². The fourth-order valence-electron chi connectivity index (χ4n) is 3.02. The van der Waals surface area contributed by atoms with Crippen LogP contribution in [-0.4, -0.2) is 24.3 Å². The minimum Gasteiger partial charge on any atom is -0.265 e. The van der Waals surface area contributed by atoms with Crippen LogP contribution in [0, 0.1) is 11.3 Å². The highest BCUT2D eigenvalue weighted by Gasteiger charge is 2.35. The average Bonchev–Trinajstić information content (AvgIpc) is 3.06. The van der Waals surface area contributed by atoms with E-state index in [4.69, 9.17) is 5.26 Å². The molecule has 23 heavy (non-hydrogen) atoms. The molecule has 0 saturated carbocycles. The van der Waals surface area contributed by atoms with E-state index in [0.717, 1.165) is 18.4 Å². The number of pyridine rings is 1. The van der Waals surface area contributed by atoms with Crippen LogP contribution in [0.5, 0.6) is 0 Å². The van der Waals surface area contributed by atoms with Crippen molar-refractivity contribution in [2.24, 2.45) is 0 Å². The van der Waals surface area contributed by atoms with Gasteiger partial charge in [0, 0.05) is 25.0 Å². The molecule has 0 amide bonds. The Labute approximate surface area is 136 Å². The second-order valence-electron chi connectivity index (χ2n) is 5.62. The highest BCUT2D eigenvalue weighted by atomic mass is 32.2. The fourth-order valence-corrected chi connectivity index (χ4v) is 4.80. The molecule has 0 radical (unpaired) electrons. The Hall–Kier alpha value is -2.23. The molecule has 1 aromatic heterocycles. The summed E-state index contributed by atoms with van der Waals surface area (Å²) in [5.74, 6) is -0.0793. The molecular weight excluding hydrogens is 310 g/mol. The lowest BCUT2D eigenvalue weighted by Crippen LogP contribution is -2.31. The van der Waals surface area contributed by atoms with Crippen molar-refractivity contribution in [1.29, 1.82) is 5.26 Å². The minimum absolute atomic E-state index is 0.0793. The van der Waals surface area contributed by atoms with Crippen molar-refractivity contribution in [3.8, 4) is 6.07 Å². The van der Waals surface area contributed by atoms with Crippen LogP contribution in [0.1, 0.15) is 35.6 Å². The zero-order valence-corrected chi connectivity index (χ0v) is 13.4. The van der Waals surface area contributed by atoms with Crippen molar-refractivity contribution in [3.63, 3.8) is 0 Å². The fraction of sp³-hybridized carbons (Fsp3) is 0.294. The van der Waals surface area contributed by atoms with E-state index in [-0.39, 0.29) is 11.8 Å². The van der Waals surface area contributed by atoms with Gasteiger partial charge < -0.3 is 0 Å². The van der Waals surface area contributed by atoms with Crippen molar-refractivity contribution in [1.82, 2.24) is 9.29 Å². The van der Waals surface area contributed by atoms with Crippen molar-refractivity contribution >= 4 is 10.0 Å². The number of rotatable bonds is 4. The molecule has 3 rings (SSSR count). The smallest absolute Gasteiger partial charge is 0.218 e. The summed E-state index contributed by atoms with van der Waals surface area (Å²) in [6.45, 7) is 0.535. The van der Waals surface area contributed by atoms with Crippen LogP contribution in [0.2, 0.25) is 0 Å². The summed E-state index contributed by atoms with van der Waals surface area (Å²) in [5.41, 5.74) is 2.10. The first-order valence-electron chi connectivity index (χ1n) is 7.48. The van der Waals surface area contributed by atoms with Gasteiger partial charge in [-0.15, -0.1) is 0 Å². The molecule has 1 atom stereocenters. The van der Waals surface area contributed by atoms with Gasteiger partial charge in [-0.25, -0.2) is 8.42 Å². The Morgan fingerprint density at radius 3 is 2.78 bits per heavy atom. The van der Waals surface area contributed by atoms with Crippen molar-refractivity contribution in [3.05, 3.63) is 65.5 Å². The first-order chi connectivity index (χ1) is 11.1. The zero-order valence-electron chi connectivity index (χ0n) is 12.6. The van der Waals surface area contributed by atoms with E-state index in [2.05, 4.69) is 4.98 Å². The average molecular weight is 327 g/mol. The zero-order chi connectivity index (χ0) is 16.3. The van der Waals surface area contributed by atoms with Crippen molar-refractivity contribution < 1.29 is 8.42 Å². The molecule has 1 aromatic carbocycles. The molecule has 0 N–H and O–H groups in total. The minimum atomic E-state index is -3.43. The summed E-state index contributed by atoms with van der Waals surface area (Å²) in [7, 11) is -3.43. The maximum Gasteiger partial charge on any atom is 0.218 e. The predicted octanol–water partition coefficient (Wildman–Crippen LogP) is 2.62. The lowest BCUT2D eigenvalue weighted by molar-refractivity contribution is 0.396. The molecule has 0 spiro atoms. The summed E-state index contributed by atoms with van der Waals surface area (Å²) < 4.78 is 27.2. The van der Waals surface area contributed by atoms with Gasteiger partial charge in [0.2, 0.25) is 10.0 Å². The molecule has 1 saturated heterocycles. The lowest BCUT2D eigenvalue weighted by Gasteiger charge is -2.24. The number of nitrogens with zero attached hydrogens (tertiary/aromatic N) is 3. The molecular formula is C17H17N3O2S. The second kappa shape index (κ2) is 6.49. The van der Waals surface area contributed by atoms with Crippen LogP contribution in [0.25, 0.3) is 0 Å². The number of sulfonamides is 1. The topological polar surface area (TPSA) is 74.1 Å². The molecule has 2 aromatic rings. The van der Waals surface area contributed by atoms with E-state index in [1.807, 2.05) is 18.2 Å². The largest absolute Gasteiger partial charge is 0.265 e. The maximum absolute atomic E-state index is 12.8. The maximum atomic E-state index is 12.8. The van der Waals surface area contributed by atoms with Crippen LogP contribution in [0.4, 0.5) is 0 Å². The van der Waals surface area contributed by atoms with E-state index in [0.29, 0.717) is 17.7 Å². The summed E-state index contributed by atoms with van der Waals surface area (Å²) in [6.07, 6.45) is 5.05. The van der Waals surface area contributed by atoms with E-state index in [1.165, 1.54) is 0 Å². The summed E-state index contributed by atoms with van der Waals surface area (Å²) >= 11 is 0. The Kier molecular flexibility index (Phi) is 4.42. The quantitative estimate of drug-likeness (QED) is 0.865. The first kappa shape index (κ1) is 15.7. The molecule has 2 heterocycles. The van der Waals surface area contributed by atoms with Gasteiger partial charge in [-0.1, -0.05) is 12.1 Å². The summed E-state index contributed by atoms with van der Waals surface area (Å²) in [5, 5.41) is 8.95. The second-order valence-corrected chi connectivity index (χ2v) is 7.54. The van der Waals surface area contributed by atoms with Gasteiger partial charge in [0.15, 0.2) is 0 Å². The number of hydrogen-bond donors (Lipinski definition) is 0. The number of hydrogen-bond acceptors (Lipinski definition) is 4. The predicted molar refractivity (Wildman–Crippen MR) is 86.7 cm³/mol. The Balaban J connectivity index is 1.85. The SMILES string of the molecule is N#Cc1cccc(CS(=O)(=O)N2CCC[C@H]2c2ccncc2)c1. The van der Waals surface area contributed by atoms with Crippen LogP contribution in [0.15, 0.2) is 48.8 Å². The standard InChI is InChI=1S/C17H17N3O2S/c18-12-14-3-1-4-15(11-14)13-23(21,22)20-10-2-5-17(20)16-6-8-19-9-7-16/h1,3-4,6-9,11,17H,2,5,10,13H2/t17-/m0/s1. The molecule has 0 bridgehead atoms. The van der Waals surface area contributed by atoms with Crippen LogP contribution in [0.3, 0.4) is 0 Å². The normalized spacial score (nSPS) is 18.7. The van der Waals surface area contributed by atoms with Gasteiger partial charge in [0.25, 0.3) is 0 Å². The summed E-state index contributed by atoms with van der Waals surface area (Å²) in [4.78, 5) is 3.99. The van der Waals surface area contributed by atoms with E-state index >= 15 is 0 Å². The molecule has 0 aliphatic carbocycles. The molecule has 0 unspecified atom stereocenters. The number of benzene rings is 1. The summed E-state index contributed by atoms with van der Waals surface area (Å²) in [6, 6.07) is 12.4. The molecule has 1 fully saturated rings. The molecule has 1 aliphatic rings. The number of aromatic nitrogens is 1. The van der Waals surface area contributed by atoms with Gasteiger partial charge in [0.05, 0.1) is 17.4 Å². The monoisotopic (exact) mass is 327 g/mol. The van der Waals surface area contributed by atoms with Crippen LogP contribution in [-0.2, 0) is 15.8 Å². The van der Waals surface area contributed by atoms with Gasteiger partial charge in [0.1, 0.15) is 0 Å². The third kappa shape index (κ3) is 3.41. The molecule has 1 aliphatic heterocycles. The van der Waals surface area contributed by atoms with Crippen molar-refractivity contribution in [2.75, 3.05) is 6.54 Å². The highest BCUT2D eigenvalue weighted by Crippen LogP contribution is 2.34. The highest BCUT2D eigenvalue weighted by molar-refractivity contribution is 7.88. The van der Waals surface area contributed by atoms with E-state index < -0.39 is 10.0 Å². The van der Waals surface area contributed by atoms with Gasteiger partial charge in [-0.05, 0) is 48.2 Å². The van der Waals surface area contributed by atoms with Crippen LogP contribution < -0.4 is 0 Å². The van der Waals surface area contributed by atoms with Gasteiger partial charge in [-0.3, -0.25) is 4.98 Å². The molecule has 118 valence electrons. The van der Waals surface area contributed by atoms with Crippen molar-refractivity contribution in [2.45, 2.75) is 24.6 Å².